The third-order valence-electron chi connectivity index (χ3n) is 4.20. The highest BCUT2D eigenvalue weighted by Gasteiger charge is 2.29. The predicted octanol–water partition coefficient (Wildman–Crippen LogP) is 4.55. The molecule has 1 aliphatic rings. The molecule has 4 rings (SSSR count). The smallest absolute Gasteiger partial charge is 0.339 e. The standard InChI is InChI=1S/C20H14ClNO5S/c21-12-7-5-11(6-8-12)13-10-28-19(17(13)20(24)25)22-18(23)16-9-26-14-3-1-2-4-15(14)27-16/h1-8,10,16H,9H2,(H,22,23)(H,24,25). The van der Waals surface area contributed by atoms with E-state index in [-0.39, 0.29) is 17.2 Å². The van der Waals surface area contributed by atoms with Crippen LogP contribution in [0.3, 0.4) is 0 Å². The van der Waals surface area contributed by atoms with Gasteiger partial charge in [-0.25, -0.2) is 4.79 Å². The van der Waals surface area contributed by atoms with Gasteiger partial charge in [-0.3, -0.25) is 4.79 Å². The summed E-state index contributed by atoms with van der Waals surface area (Å²) in [5, 5.41) is 14.8. The second-order valence-electron chi connectivity index (χ2n) is 6.02. The van der Waals surface area contributed by atoms with Crippen LogP contribution in [-0.4, -0.2) is 29.7 Å². The summed E-state index contributed by atoms with van der Waals surface area (Å²) in [6, 6.07) is 13.9. The molecule has 2 aromatic carbocycles. The number of ether oxygens (including phenoxy) is 2. The highest BCUT2D eigenvalue weighted by molar-refractivity contribution is 7.15. The van der Waals surface area contributed by atoms with Gasteiger partial charge < -0.3 is 19.9 Å². The van der Waals surface area contributed by atoms with Gasteiger partial charge in [-0.2, -0.15) is 0 Å². The molecule has 142 valence electrons. The lowest BCUT2D eigenvalue weighted by Crippen LogP contribution is -2.40. The van der Waals surface area contributed by atoms with Gasteiger partial charge in [0.2, 0.25) is 6.10 Å². The summed E-state index contributed by atoms with van der Waals surface area (Å²) in [4.78, 5) is 24.5. The Bertz CT molecular complexity index is 1050. The van der Waals surface area contributed by atoms with E-state index in [0.29, 0.717) is 27.6 Å². The van der Waals surface area contributed by atoms with Crippen molar-refractivity contribution in [3.05, 3.63) is 64.5 Å². The molecule has 28 heavy (non-hydrogen) atoms. The second-order valence-corrected chi connectivity index (χ2v) is 7.34. The number of carbonyl (C=O) groups excluding carboxylic acids is 1. The predicted molar refractivity (Wildman–Crippen MR) is 107 cm³/mol. The second kappa shape index (κ2) is 7.53. The fraction of sp³-hybridized carbons (Fsp3) is 0.100. The van der Waals surface area contributed by atoms with Crippen LogP contribution in [0.25, 0.3) is 11.1 Å². The zero-order valence-corrected chi connectivity index (χ0v) is 15.9. The Balaban J connectivity index is 1.57. The lowest BCUT2D eigenvalue weighted by atomic mass is 10.0. The van der Waals surface area contributed by atoms with Crippen molar-refractivity contribution in [2.45, 2.75) is 6.10 Å². The number of carboxylic acid groups (broad SMARTS) is 1. The zero-order valence-electron chi connectivity index (χ0n) is 14.3. The number of rotatable bonds is 4. The van der Waals surface area contributed by atoms with Crippen molar-refractivity contribution in [2.75, 3.05) is 11.9 Å². The monoisotopic (exact) mass is 415 g/mol. The molecular formula is C20H14ClNO5S. The molecule has 3 aromatic rings. The number of nitrogens with one attached hydrogen (secondary N) is 1. The molecule has 0 aliphatic carbocycles. The van der Waals surface area contributed by atoms with Crippen LogP contribution in [0.15, 0.2) is 53.9 Å². The Morgan fingerprint density at radius 2 is 1.82 bits per heavy atom. The summed E-state index contributed by atoms with van der Waals surface area (Å²) < 4.78 is 11.2. The summed E-state index contributed by atoms with van der Waals surface area (Å²) in [5.74, 6) is -0.562. The van der Waals surface area contributed by atoms with Crippen molar-refractivity contribution in [3.63, 3.8) is 0 Å². The molecule has 0 radical (unpaired) electrons. The van der Waals surface area contributed by atoms with Crippen molar-refractivity contribution >= 4 is 39.8 Å². The first kappa shape index (κ1) is 18.3. The van der Waals surface area contributed by atoms with Gasteiger partial charge >= 0.3 is 5.97 Å². The average molecular weight is 416 g/mol. The summed E-state index contributed by atoms with van der Waals surface area (Å²) in [6.45, 7) is 0.0423. The number of benzene rings is 2. The van der Waals surface area contributed by atoms with Gasteiger partial charge in [-0.15, -0.1) is 11.3 Å². The van der Waals surface area contributed by atoms with Gasteiger partial charge in [0.25, 0.3) is 5.91 Å². The van der Waals surface area contributed by atoms with Gasteiger partial charge in [0.05, 0.1) is 0 Å². The van der Waals surface area contributed by atoms with Gasteiger partial charge in [-0.1, -0.05) is 35.9 Å². The van der Waals surface area contributed by atoms with E-state index in [1.54, 1.807) is 47.8 Å². The fourth-order valence-electron chi connectivity index (χ4n) is 2.85. The molecule has 0 saturated heterocycles. The first-order valence-electron chi connectivity index (χ1n) is 8.33. The molecule has 6 nitrogen and oxygen atoms in total. The SMILES string of the molecule is O=C(O)c1c(-c2ccc(Cl)cc2)csc1NC(=O)C1COc2ccccc2O1. The van der Waals surface area contributed by atoms with Crippen molar-refractivity contribution in [1.29, 1.82) is 0 Å². The lowest BCUT2D eigenvalue weighted by molar-refractivity contribution is -0.125. The number of carbonyl (C=O) groups is 2. The van der Waals surface area contributed by atoms with E-state index < -0.39 is 18.0 Å². The average Bonchev–Trinajstić information content (AvgIpc) is 3.12. The number of halogens is 1. The molecule has 0 spiro atoms. The molecule has 1 atom stereocenters. The van der Waals surface area contributed by atoms with E-state index in [4.69, 9.17) is 21.1 Å². The highest BCUT2D eigenvalue weighted by Crippen LogP contribution is 2.37. The van der Waals surface area contributed by atoms with Crippen LogP contribution >= 0.6 is 22.9 Å². The summed E-state index contributed by atoms with van der Waals surface area (Å²) in [6.07, 6.45) is -0.877. The molecular weight excluding hydrogens is 402 g/mol. The molecule has 8 heteroatoms. The minimum Gasteiger partial charge on any atom is -0.485 e. The Kier molecular flexibility index (Phi) is 4.93. The number of carboxylic acids is 1. The van der Waals surface area contributed by atoms with Crippen LogP contribution in [0.2, 0.25) is 5.02 Å². The van der Waals surface area contributed by atoms with Gasteiger partial charge in [0.1, 0.15) is 17.2 Å². The maximum absolute atomic E-state index is 12.6. The van der Waals surface area contributed by atoms with Gasteiger partial charge in [-0.05, 0) is 29.8 Å². The first-order chi connectivity index (χ1) is 13.5. The molecule has 0 fully saturated rings. The molecule has 1 aromatic heterocycles. The third-order valence-corrected chi connectivity index (χ3v) is 5.35. The van der Waals surface area contributed by atoms with Crippen LogP contribution < -0.4 is 14.8 Å². The van der Waals surface area contributed by atoms with Crippen molar-refractivity contribution in [3.8, 4) is 22.6 Å². The van der Waals surface area contributed by atoms with E-state index in [2.05, 4.69) is 5.32 Å². The number of amides is 1. The molecule has 0 bridgehead atoms. The maximum atomic E-state index is 12.6. The Morgan fingerprint density at radius 1 is 1.11 bits per heavy atom. The molecule has 1 aliphatic heterocycles. The lowest BCUT2D eigenvalue weighted by Gasteiger charge is -2.25. The van der Waals surface area contributed by atoms with Crippen molar-refractivity contribution in [1.82, 2.24) is 0 Å². The number of aromatic carboxylic acids is 1. The molecule has 1 unspecified atom stereocenters. The number of para-hydroxylation sites is 2. The van der Waals surface area contributed by atoms with E-state index >= 15 is 0 Å². The van der Waals surface area contributed by atoms with Crippen LogP contribution in [0, 0.1) is 0 Å². The minimum absolute atomic E-state index is 0.0257. The largest absolute Gasteiger partial charge is 0.485 e. The summed E-state index contributed by atoms with van der Waals surface area (Å²) in [7, 11) is 0. The molecule has 2 heterocycles. The molecule has 1 amide bonds. The topological polar surface area (TPSA) is 84.9 Å². The zero-order chi connectivity index (χ0) is 19.7. The van der Waals surface area contributed by atoms with E-state index in [1.165, 1.54) is 0 Å². The highest BCUT2D eigenvalue weighted by atomic mass is 35.5. The first-order valence-corrected chi connectivity index (χ1v) is 9.59. The van der Waals surface area contributed by atoms with E-state index in [1.807, 2.05) is 6.07 Å². The number of hydrogen-bond acceptors (Lipinski definition) is 5. The number of anilines is 1. The van der Waals surface area contributed by atoms with Crippen LogP contribution in [0.1, 0.15) is 10.4 Å². The maximum Gasteiger partial charge on any atom is 0.339 e. The van der Waals surface area contributed by atoms with Gasteiger partial charge in [0.15, 0.2) is 11.5 Å². The molecule has 2 N–H and O–H groups in total. The summed E-state index contributed by atoms with van der Waals surface area (Å²) in [5.41, 5.74) is 1.23. The quantitative estimate of drug-likeness (QED) is 0.653. The minimum atomic E-state index is -1.13. The number of hydrogen-bond donors (Lipinski definition) is 2. The van der Waals surface area contributed by atoms with Gasteiger partial charge in [0, 0.05) is 16.0 Å². The van der Waals surface area contributed by atoms with Crippen LogP contribution in [0.5, 0.6) is 11.5 Å². The molecule has 0 saturated carbocycles. The van der Waals surface area contributed by atoms with Crippen molar-refractivity contribution in [2.24, 2.45) is 0 Å². The third kappa shape index (κ3) is 3.54. The normalized spacial score (nSPS) is 15.1. The van der Waals surface area contributed by atoms with Crippen LogP contribution in [-0.2, 0) is 4.79 Å². The van der Waals surface area contributed by atoms with E-state index in [9.17, 15) is 14.7 Å². The van der Waals surface area contributed by atoms with E-state index in [0.717, 1.165) is 11.3 Å². The number of thiophene rings is 1. The Hall–Kier alpha value is -3.03. The fourth-order valence-corrected chi connectivity index (χ4v) is 3.94. The van der Waals surface area contributed by atoms with Crippen LogP contribution in [0.4, 0.5) is 5.00 Å². The van der Waals surface area contributed by atoms with Crippen molar-refractivity contribution < 1.29 is 24.2 Å². The Labute approximate surface area is 169 Å². The Morgan fingerprint density at radius 3 is 2.54 bits per heavy atom. The number of fused-ring (bicyclic) bond motifs is 1. The summed E-state index contributed by atoms with van der Waals surface area (Å²) >= 11 is 7.04.